The van der Waals surface area contributed by atoms with Crippen LogP contribution < -0.4 is 5.73 Å². The molecule has 1 aliphatic heterocycles. The van der Waals surface area contributed by atoms with Crippen molar-refractivity contribution < 1.29 is 4.74 Å². The smallest absolute Gasteiger partial charge is 0.0685 e. The van der Waals surface area contributed by atoms with Gasteiger partial charge in [0.05, 0.1) is 5.60 Å². The lowest BCUT2D eigenvalue weighted by molar-refractivity contribution is -0.0951. The number of rotatable bonds is 4. The zero-order valence-corrected chi connectivity index (χ0v) is 14.8. The average Bonchev–Trinajstić information content (AvgIpc) is 2.94. The Hall–Kier alpha value is -0.0300. The molecule has 3 rings (SSSR count). The first-order chi connectivity index (χ1) is 10.2. The van der Waals surface area contributed by atoms with Crippen molar-refractivity contribution in [2.24, 2.45) is 11.7 Å². The van der Waals surface area contributed by atoms with Gasteiger partial charge in [-0.3, -0.25) is 0 Å². The lowest BCUT2D eigenvalue weighted by Gasteiger charge is -2.40. The highest BCUT2D eigenvalue weighted by Crippen LogP contribution is 2.43. The van der Waals surface area contributed by atoms with E-state index in [0.717, 1.165) is 18.8 Å². The third-order valence-electron chi connectivity index (χ3n) is 4.92. The second-order valence-corrected chi connectivity index (χ2v) is 8.31. The van der Waals surface area contributed by atoms with Crippen molar-refractivity contribution >= 4 is 27.7 Å². The van der Waals surface area contributed by atoms with Crippen LogP contribution >= 0.6 is 27.7 Å². The Morgan fingerprint density at radius 2 is 2.10 bits per heavy atom. The summed E-state index contributed by atoms with van der Waals surface area (Å²) in [7, 11) is 0. The van der Waals surface area contributed by atoms with E-state index in [9.17, 15) is 0 Å². The second kappa shape index (κ2) is 7.03. The van der Waals surface area contributed by atoms with E-state index in [0.29, 0.717) is 5.92 Å². The number of thioether (sulfide) groups is 1. The molecule has 2 fully saturated rings. The van der Waals surface area contributed by atoms with Gasteiger partial charge in [-0.1, -0.05) is 25.0 Å². The molecule has 4 heteroatoms. The molecular formula is C17H24BrNOS. The predicted octanol–water partition coefficient (Wildman–Crippen LogP) is 4.61. The minimum atomic E-state index is 0.179. The Labute approximate surface area is 140 Å². The average molecular weight is 370 g/mol. The minimum absolute atomic E-state index is 0.179. The molecule has 0 amide bonds. The van der Waals surface area contributed by atoms with Crippen LogP contribution in [-0.4, -0.2) is 24.0 Å². The van der Waals surface area contributed by atoms with E-state index in [1.54, 1.807) is 0 Å². The van der Waals surface area contributed by atoms with Gasteiger partial charge in [-0.2, -0.15) is 0 Å². The molecule has 1 saturated carbocycles. The van der Waals surface area contributed by atoms with Crippen molar-refractivity contribution in [2.75, 3.05) is 12.4 Å². The van der Waals surface area contributed by atoms with Gasteiger partial charge < -0.3 is 10.5 Å². The number of halogens is 1. The quantitative estimate of drug-likeness (QED) is 0.787. The van der Waals surface area contributed by atoms with Gasteiger partial charge in [0.2, 0.25) is 0 Å². The number of hydrogen-bond acceptors (Lipinski definition) is 3. The van der Waals surface area contributed by atoms with E-state index in [1.807, 2.05) is 11.8 Å². The Kier molecular flexibility index (Phi) is 5.31. The molecule has 2 unspecified atom stereocenters. The molecule has 2 atom stereocenters. The predicted molar refractivity (Wildman–Crippen MR) is 92.7 cm³/mol. The van der Waals surface area contributed by atoms with Crippen LogP contribution in [0.15, 0.2) is 33.6 Å². The molecule has 21 heavy (non-hydrogen) atoms. The maximum atomic E-state index is 6.51. The number of hydrogen-bond donors (Lipinski definition) is 1. The second-order valence-electron chi connectivity index (χ2n) is 6.40. The van der Waals surface area contributed by atoms with Gasteiger partial charge in [-0.15, -0.1) is 11.8 Å². The van der Waals surface area contributed by atoms with Crippen molar-refractivity contribution in [1.82, 2.24) is 0 Å². The molecular weight excluding hydrogens is 346 g/mol. The topological polar surface area (TPSA) is 35.2 Å². The van der Waals surface area contributed by atoms with Gasteiger partial charge in [-0.05, 0) is 59.7 Å². The van der Waals surface area contributed by atoms with E-state index in [-0.39, 0.29) is 11.6 Å². The number of ether oxygens (including phenoxy) is 1. The number of nitrogens with two attached hydrogens (primary N) is 1. The van der Waals surface area contributed by atoms with Crippen LogP contribution in [0.5, 0.6) is 0 Å². The van der Waals surface area contributed by atoms with Gasteiger partial charge in [0.15, 0.2) is 0 Å². The van der Waals surface area contributed by atoms with Gasteiger partial charge in [-0.25, -0.2) is 0 Å². The van der Waals surface area contributed by atoms with E-state index >= 15 is 0 Å². The molecule has 1 heterocycles. The normalized spacial score (nSPS) is 26.1. The van der Waals surface area contributed by atoms with Gasteiger partial charge >= 0.3 is 0 Å². The fourth-order valence-corrected chi connectivity index (χ4v) is 5.34. The van der Waals surface area contributed by atoms with Crippen LogP contribution in [0.3, 0.4) is 0 Å². The first kappa shape index (κ1) is 15.9. The monoisotopic (exact) mass is 369 g/mol. The third-order valence-corrected chi connectivity index (χ3v) is 7.09. The summed E-state index contributed by atoms with van der Waals surface area (Å²) in [6.07, 6.45) is 7.44. The van der Waals surface area contributed by atoms with E-state index < -0.39 is 0 Å². The summed E-state index contributed by atoms with van der Waals surface area (Å²) in [6, 6.07) is 8.65. The van der Waals surface area contributed by atoms with Crippen molar-refractivity contribution in [2.45, 2.75) is 55.1 Å². The molecule has 0 aromatic heterocycles. The van der Waals surface area contributed by atoms with Crippen LogP contribution in [0.25, 0.3) is 0 Å². The van der Waals surface area contributed by atoms with E-state index in [1.165, 1.54) is 41.5 Å². The summed E-state index contributed by atoms with van der Waals surface area (Å²) in [5.74, 6) is 1.61. The molecule has 116 valence electrons. The van der Waals surface area contributed by atoms with Crippen molar-refractivity contribution in [3.63, 3.8) is 0 Å². The molecule has 1 saturated heterocycles. The highest BCUT2D eigenvalue weighted by Gasteiger charge is 2.41. The highest BCUT2D eigenvalue weighted by atomic mass is 79.9. The zero-order valence-electron chi connectivity index (χ0n) is 12.4. The molecule has 1 aromatic rings. The summed E-state index contributed by atoms with van der Waals surface area (Å²) in [6.45, 7) is 0.901. The summed E-state index contributed by atoms with van der Waals surface area (Å²) in [5, 5.41) is 0. The number of benzene rings is 1. The molecule has 1 aliphatic carbocycles. The van der Waals surface area contributed by atoms with Crippen molar-refractivity contribution in [1.29, 1.82) is 0 Å². The van der Waals surface area contributed by atoms with Crippen LogP contribution in [0.4, 0.5) is 0 Å². The highest BCUT2D eigenvalue weighted by molar-refractivity contribution is 9.10. The fraction of sp³-hybridized carbons (Fsp3) is 0.647. The molecule has 2 nitrogen and oxygen atoms in total. The van der Waals surface area contributed by atoms with Crippen LogP contribution in [0.1, 0.15) is 38.5 Å². The summed E-state index contributed by atoms with van der Waals surface area (Å²) in [5.41, 5.74) is 6.68. The first-order valence-electron chi connectivity index (χ1n) is 7.95. The fourth-order valence-electron chi connectivity index (χ4n) is 3.68. The lowest BCUT2D eigenvalue weighted by Crippen LogP contribution is -2.44. The molecule has 0 bridgehead atoms. The van der Waals surface area contributed by atoms with Crippen molar-refractivity contribution in [3.05, 3.63) is 28.7 Å². The van der Waals surface area contributed by atoms with Crippen molar-refractivity contribution in [3.8, 4) is 0 Å². The Morgan fingerprint density at radius 1 is 1.33 bits per heavy atom. The summed E-state index contributed by atoms with van der Waals surface area (Å²) < 4.78 is 7.29. The minimum Gasteiger partial charge on any atom is -0.375 e. The largest absolute Gasteiger partial charge is 0.375 e. The molecule has 1 aromatic carbocycles. The SMILES string of the molecule is NC(CSc1ccccc1Br)C1CCOC2(CCCC2)C1. The summed E-state index contributed by atoms with van der Waals surface area (Å²) in [4.78, 5) is 1.29. The first-order valence-corrected chi connectivity index (χ1v) is 9.73. The van der Waals surface area contributed by atoms with Crippen LogP contribution in [0.2, 0.25) is 0 Å². The van der Waals surface area contributed by atoms with Crippen LogP contribution in [0, 0.1) is 5.92 Å². The van der Waals surface area contributed by atoms with Gasteiger partial charge in [0, 0.05) is 27.8 Å². The molecule has 0 radical (unpaired) electrons. The lowest BCUT2D eigenvalue weighted by atomic mass is 9.81. The van der Waals surface area contributed by atoms with E-state index in [4.69, 9.17) is 10.5 Å². The zero-order chi connectivity index (χ0) is 14.7. The third kappa shape index (κ3) is 3.84. The van der Waals surface area contributed by atoms with Gasteiger partial charge in [0.25, 0.3) is 0 Å². The maximum Gasteiger partial charge on any atom is 0.0685 e. The standard InChI is InChI=1S/C17H24BrNOS/c18-14-5-1-2-6-16(14)21-12-15(19)13-7-10-20-17(11-13)8-3-4-9-17/h1-2,5-6,13,15H,3-4,7-12,19H2. The Balaban J connectivity index is 1.55. The van der Waals surface area contributed by atoms with E-state index in [2.05, 4.69) is 40.2 Å². The summed E-state index contributed by atoms with van der Waals surface area (Å²) >= 11 is 5.48. The molecule has 1 spiro atoms. The molecule has 2 N–H and O–H groups in total. The van der Waals surface area contributed by atoms with Gasteiger partial charge in [0.1, 0.15) is 0 Å². The Morgan fingerprint density at radius 3 is 2.86 bits per heavy atom. The maximum absolute atomic E-state index is 6.51. The van der Waals surface area contributed by atoms with Crippen LogP contribution in [-0.2, 0) is 4.74 Å². The molecule has 2 aliphatic rings. The Bertz CT molecular complexity index is 476.